The van der Waals surface area contributed by atoms with Crippen LogP contribution in [-0.4, -0.2) is 35.7 Å². The van der Waals surface area contributed by atoms with E-state index in [0.29, 0.717) is 24.3 Å². The number of hydrogen-bond acceptors (Lipinski definition) is 3. The molecule has 1 atom stereocenters. The standard InChI is InChI=1S/C22H27N3O3/c1-4-25(5-2)22(28)18-13-9-10-14-19(18)24-21(27)15-20(23-16(3)26)17-11-7-6-8-12-17/h6-14,20H,4-5,15H2,1-3H3,(H,23,26)(H,24,27). The molecule has 0 heterocycles. The van der Waals surface area contributed by atoms with Gasteiger partial charge >= 0.3 is 0 Å². The third kappa shape index (κ3) is 5.67. The lowest BCUT2D eigenvalue weighted by Crippen LogP contribution is -2.32. The fourth-order valence-electron chi connectivity index (χ4n) is 3.03. The molecule has 2 N–H and O–H groups in total. The first-order valence-corrected chi connectivity index (χ1v) is 9.46. The average molecular weight is 381 g/mol. The summed E-state index contributed by atoms with van der Waals surface area (Å²) in [5.41, 5.74) is 1.77. The summed E-state index contributed by atoms with van der Waals surface area (Å²) in [5.74, 6) is -0.608. The van der Waals surface area contributed by atoms with Gasteiger partial charge in [0.05, 0.1) is 23.7 Å². The van der Waals surface area contributed by atoms with Crippen LogP contribution < -0.4 is 10.6 Å². The molecule has 3 amide bonds. The second-order valence-corrected chi connectivity index (χ2v) is 6.44. The maximum atomic E-state index is 12.7. The van der Waals surface area contributed by atoms with Crippen molar-refractivity contribution in [3.8, 4) is 0 Å². The quantitative estimate of drug-likeness (QED) is 0.736. The van der Waals surface area contributed by atoms with Gasteiger partial charge in [-0.25, -0.2) is 0 Å². The highest BCUT2D eigenvalue weighted by Gasteiger charge is 2.20. The number of benzene rings is 2. The predicted octanol–water partition coefficient (Wildman–Crippen LogP) is 3.37. The van der Waals surface area contributed by atoms with Crippen molar-refractivity contribution < 1.29 is 14.4 Å². The van der Waals surface area contributed by atoms with E-state index in [1.165, 1.54) is 6.92 Å². The molecule has 0 bridgehead atoms. The van der Waals surface area contributed by atoms with Crippen LogP contribution in [0, 0.1) is 0 Å². The number of carbonyl (C=O) groups excluding carboxylic acids is 3. The van der Waals surface area contributed by atoms with Crippen LogP contribution in [0.15, 0.2) is 54.6 Å². The van der Waals surface area contributed by atoms with Gasteiger partial charge in [-0.3, -0.25) is 14.4 Å². The molecule has 0 saturated carbocycles. The lowest BCUT2D eigenvalue weighted by Gasteiger charge is -2.21. The van der Waals surface area contributed by atoms with Crippen LogP contribution in [0.3, 0.4) is 0 Å². The minimum atomic E-state index is -0.440. The molecule has 1 unspecified atom stereocenters. The normalized spacial score (nSPS) is 11.4. The summed E-state index contributed by atoms with van der Waals surface area (Å²) in [6.45, 7) is 6.44. The van der Waals surface area contributed by atoms with Gasteiger partial charge in [-0.15, -0.1) is 0 Å². The van der Waals surface area contributed by atoms with Gasteiger partial charge in [0.15, 0.2) is 0 Å². The highest BCUT2D eigenvalue weighted by atomic mass is 16.2. The van der Waals surface area contributed by atoms with Crippen molar-refractivity contribution >= 4 is 23.4 Å². The van der Waals surface area contributed by atoms with Crippen LogP contribution in [0.1, 0.15) is 49.2 Å². The van der Waals surface area contributed by atoms with Gasteiger partial charge in [0, 0.05) is 20.0 Å². The zero-order chi connectivity index (χ0) is 20.5. The lowest BCUT2D eigenvalue weighted by atomic mass is 10.0. The summed E-state index contributed by atoms with van der Waals surface area (Å²) in [4.78, 5) is 38.7. The highest BCUT2D eigenvalue weighted by molar-refractivity contribution is 6.03. The Bertz CT molecular complexity index is 817. The Balaban J connectivity index is 2.18. The lowest BCUT2D eigenvalue weighted by molar-refractivity contribution is -0.120. The van der Waals surface area contributed by atoms with Gasteiger partial charge in [0.1, 0.15) is 0 Å². The van der Waals surface area contributed by atoms with E-state index in [4.69, 9.17) is 0 Å². The highest BCUT2D eigenvalue weighted by Crippen LogP contribution is 2.21. The van der Waals surface area contributed by atoms with Crippen LogP contribution in [0.25, 0.3) is 0 Å². The van der Waals surface area contributed by atoms with E-state index in [2.05, 4.69) is 10.6 Å². The molecule has 6 nitrogen and oxygen atoms in total. The second kappa shape index (κ2) is 10.3. The molecule has 0 fully saturated rings. The van der Waals surface area contributed by atoms with Crippen LogP contribution in [0.2, 0.25) is 0 Å². The molecule has 0 spiro atoms. The molecule has 0 radical (unpaired) electrons. The summed E-state index contributed by atoms with van der Waals surface area (Å²) in [6.07, 6.45) is 0.0669. The number of amides is 3. The fourth-order valence-corrected chi connectivity index (χ4v) is 3.03. The summed E-state index contributed by atoms with van der Waals surface area (Å²) < 4.78 is 0. The first-order chi connectivity index (χ1) is 13.5. The van der Waals surface area contributed by atoms with Crippen molar-refractivity contribution in [1.29, 1.82) is 0 Å². The second-order valence-electron chi connectivity index (χ2n) is 6.44. The summed E-state index contributed by atoms with van der Waals surface area (Å²) in [5, 5.41) is 5.64. The van der Waals surface area contributed by atoms with E-state index in [-0.39, 0.29) is 24.1 Å². The molecule has 2 aromatic carbocycles. The van der Waals surface area contributed by atoms with E-state index < -0.39 is 6.04 Å². The van der Waals surface area contributed by atoms with Crippen molar-refractivity contribution in [1.82, 2.24) is 10.2 Å². The smallest absolute Gasteiger partial charge is 0.255 e. The molecule has 2 rings (SSSR count). The van der Waals surface area contributed by atoms with Gasteiger partial charge in [0.25, 0.3) is 5.91 Å². The topological polar surface area (TPSA) is 78.5 Å². The molecule has 0 aliphatic heterocycles. The number of nitrogens with zero attached hydrogens (tertiary/aromatic N) is 1. The van der Waals surface area contributed by atoms with E-state index in [0.717, 1.165) is 5.56 Å². The number of rotatable bonds is 8. The Morgan fingerprint density at radius 2 is 1.54 bits per heavy atom. The maximum absolute atomic E-state index is 12.7. The first kappa shape index (κ1) is 21.2. The molecule has 28 heavy (non-hydrogen) atoms. The molecular weight excluding hydrogens is 354 g/mol. The number of carbonyl (C=O) groups is 3. The molecule has 2 aromatic rings. The van der Waals surface area contributed by atoms with Gasteiger partial charge in [-0.05, 0) is 31.5 Å². The zero-order valence-electron chi connectivity index (χ0n) is 16.6. The van der Waals surface area contributed by atoms with Crippen molar-refractivity contribution in [3.05, 3.63) is 65.7 Å². The van der Waals surface area contributed by atoms with Crippen LogP contribution in [0.5, 0.6) is 0 Å². The molecule has 0 aromatic heterocycles. The molecule has 6 heteroatoms. The van der Waals surface area contributed by atoms with Crippen LogP contribution in [0.4, 0.5) is 5.69 Å². The summed E-state index contributed by atoms with van der Waals surface area (Å²) >= 11 is 0. The number of hydrogen-bond donors (Lipinski definition) is 2. The number of anilines is 1. The van der Waals surface area contributed by atoms with E-state index >= 15 is 0 Å². The van der Waals surface area contributed by atoms with Crippen LogP contribution in [-0.2, 0) is 9.59 Å². The zero-order valence-corrected chi connectivity index (χ0v) is 16.6. The van der Waals surface area contributed by atoms with Crippen molar-refractivity contribution in [2.45, 2.75) is 33.2 Å². The first-order valence-electron chi connectivity index (χ1n) is 9.46. The number of nitrogens with one attached hydrogen (secondary N) is 2. The molecular formula is C22H27N3O3. The van der Waals surface area contributed by atoms with Gasteiger partial charge < -0.3 is 15.5 Å². The third-order valence-corrected chi connectivity index (χ3v) is 4.45. The average Bonchev–Trinajstić information content (AvgIpc) is 2.69. The molecule has 0 saturated heterocycles. The Hall–Kier alpha value is -3.15. The Morgan fingerprint density at radius 1 is 0.929 bits per heavy atom. The molecule has 0 aliphatic rings. The van der Waals surface area contributed by atoms with Gasteiger partial charge in [-0.2, -0.15) is 0 Å². The maximum Gasteiger partial charge on any atom is 0.255 e. The van der Waals surface area contributed by atoms with Crippen molar-refractivity contribution in [2.75, 3.05) is 18.4 Å². The fraction of sp³-hybridized carbons (Fsp3) is 0.318. The minimum absolute atomic E-state index is 0.0669. The number of para-hydroxylation sites is 1. The Labute approximate surface area is 165 Å². The minimum Gasteiger partial charge on any atom is -0.349 e. The van der Waals surface area contributed by atoms with Gasteiger partial charge in [0.2, 0.25) is 11.8 Å². The summed E-state index contributed by atoms with van der Waals surface area (Å²) in [7, 11) is 0. The summed E-state index contributed by atoms with van der Waals surface area (Å²) in [6, 6.07) is 15.9. The monoisotopic (exact) mass is 381 g/mol. The largest absolute Gasteiger partial charge is 0.349 e. The van der Waals surface area contributed by atoms with E-state index in [9.17, 15) is 14.4 Å². The Morgan fingerprint density at radius 3 is 2.14 bits per heavy atom. The Kier molecular flexibility index (Phi) is 7.75. The third-order valence-electron chi connectivity index (χ3n) is 4.45. The molecule has 148 valence electrons. The van der Waals surface area contributed by atoms with Crippen molar-refractivity contribution in [2.24, 2.45) is 0 Å². The molecule has 0 aliphatic carbocycles. The van der Waals surface area contributed by atoms with E-state index in [1.54, 1.807) is 29.2 Å². The van der Waals surface area contributed by atoms with Gasteiger partial charge in [-0.1, -0.05) is 42.5 Å². The van der Waals surface area contributed by atoms with Crippen LogP contribution >= 0.6 is 0 Å². The SMILES string of the molecule is CCN(CC)C(=O)c1ccccc1NC(=O)CC(NC(C)=O)c1ccccc1. The van der Waals surface area contributed by atoms with Crippen molar-refractivity contribution in [3.63, 3.8) is 0 Å². The van der Waals surface area contributed by atoms with E-state index in [1.807, 2.05) is 44.2 Å². The predicted molar refractivity (Wildman–Crippen MR) is 110 cm³/mol.